The smallest absolute Gasteiger partial charge is 0.243 e. The average Bonchev–Trinajstić information content (AvgIpc) is 2.68. The highest BCUT2D eigenvalue weighted by atomic mass is 32.2. The molecule has 0 unspecified atom stereocenters. The van der Waals surface area contributed by atoms with Crippen LogP contribution >= 0.6 is 24.0 Å². The minimum Gasteiger partial charge on any atom is -0.358 e. The Morgan fingerprint density at radius 3 is 2.30 bits per heavy atom. The molecule has 150 valence electrons. The van der Waals surface area contributed by atoms with Crippen LogP contribution in [0.4, 0.5) is 5.69 Å². The molecule has 1 aliphatic heterocycles. The number of thioether (sulfide) groups is 1. The number of carbonyl (C=O) groups is 1. The van der Waals surface area contributed by atoms with Crippen molar-refractivity contribution in [2.45, 2.75) is 38.0 Å². The summed E-state index contributed by atoms with van der Waals surface area (Å²) < 4.78 is 27.5. The molecule has 1 fully saturated rings. The van der Waals surface area contributed by atoms with E-state index in [9.17, 15) is 13.2 Å². The van der Waals surface area contributed by atoms with Crippen LogP contribution in [-0.4, -0.2) is 59.8 Å². The Balaban J connectivity index is 1.91. The molecule has 6 nitrogen and oxygen atoms in total. The standard InChI is InChI=1S/C18H27N3O3S3/c1-3-20(4-2)18(25)26-14-17(22)19-15-8-10-16(11-9-15)27(23,24)21-12-6-5-7-13-21/h8-11H,3-7,12-14H2,1-2H3,(H,19,22). The second-order valence-corrected chi connectivity index (χ2v) is 9.81. The number of anilines is 1. The third-order valence-electron chi connectivity index (χ3n) is 4.44. The molecule has 2 rings (SSSR count). The molecular weight excluding hydrogens is 402 g/mol. The van der Waals surface area contributed by atoms with E-state index in [1.807, 2.05) is 18.7 Å². The summed E-state index contributed by atoms with van der Waals surface area (Å²) >= 11 is 6.64. The lowest BCUT2D eigenvalue weighted by atomic mass is 10.2. The van der Waals surface area contributed by atoms with Crippen LogP contribution in [0, 0.1) is 0 Å². The van der Waals surface area contributed by atoms with E-state index in [-0.39, 0.29) is 16.6 Å². The normalized spacial score (nSPS) is 15.3. The number of nitrogens with zero attached hydrogens (tertiary/aromatic N) is 2. The van der Waals surface area contributed by atoms with Gasteiger partial charge < -0.3 is 10.2 Å². The molecule has 1 amide bonds. The Morgan fingerprint density at radius 1 is 1.15 bits per heavy atom. The van der Waals surface area contributed by atoms with Gasteiger partial charge in [0.25, 0.3) is 0 Å². The van der Waals surface area contributed by atoms with Gasteiger partial charge in [0, 0.05) is 31.9 Å². The molecule has 0 atom stereocenters. The lowest BCUT2D eigenvalue weighted by Crippen LogP contribution is -2.35. The van der Waals surface area contributed by atoms with Gasteiger partial charge in [0.1, 0.15) is 4.32 Å². The second-order valence-electron chi connectivity index (χ2n) is 6.26. The number of piperidine rings is 1. The van der Waals surface area contributed by atoms with Gasteiger partial charge in [-0.05, 0) is 51.0 Å². The summed E-state index contributed by atoms with van der Waals surface area (Å²) in [6.07, 6.45) is 2.88. The first-order valence-corrected chi connectivity index (χ1v) is 12.0. The van der Waals surface area contributed by atoms with Crippen LogP contribution in [0.25, 0.3) is 0 Å². The van der Waals surface area contributed by atoms with Gasteiger partial charge in [0.15, 0.2) is 0 Å². The van der Waals surface area contributed by atoms with Crippen molar-refractivity contribution in [1.29, 1.82) is 0 Å². The van der Waals surface area contributed by atoms with Crippen LogP contribution < -0.4 is 5.32 Å². The van der Waals surface area contributed by atoms with Crippen molar-refractivity contribution in [3.63, 3.8) is 0 Å². The van der Waals surface area contributed by atoms with E-state index in [4.69, 9.17) is 12.2 Å². The Labute approximate surface area is 171 Å². The molecule has 0 aliphatic carbocycles. The van der Waals surface area contributed by atoms with Crippen LogP contribution in [0.15, 0.2) is 29.2 Å². The summed E-state index contributed by atoms with van der Waals surface area (Å²) in [5, 5.41) is 2.78. The fraction of sp³-hybridized carbons (Fsp3) is 0.556. The molecule has 0 saturated carbocycles. The summed E-state index contributed by atoms with van der Waals surface area (Å²) in [5.74, 6) is 0.0598. The molecule has 1 aromatic rings. The van der Waals surface area contributed by atoms with Crippen LogP contribution in [0.3, 0.4) is 0 Å². The predicted molar refractivity (Wildman–Crippen MR) is 116 cm³/mol. The molecular formula is C18H27N3O3S3. The van der Waals surface area contributed by atoms with Gasteiger partial charge in [-0.3, -0.25) is 4.79 Å². The van der Waals surface area contributed by atoms with E-state index >= 15 is 0 Å². The van der Waals surface area contributed by atoms with E-state index in [1.165, 1.54) is 16.1 Å². The number of hydrogen-bond donors (Lipinski definition) is 1. The molecule has 27 heavy (non-hydrogen) atoms. The number of nitrogens with one attached hydrogen (secondary N) is 1. The zero-order valence-corrected chi connectivity index (χ0v) is 18.3. The summed E-state index contributed by atoms with van der Waals surface area (Å²) in [4.78, 5) is 14.4. The molecule has 1 saturated heterocycles. The van der Waals surface area contributed by atoms with Crippen molar-refractivity contribution in [1.82, 2.24) is 9.21 Å². The maximum Gasteiger partial charge on any atom is 0.243 e. The number of sulfonamides is 1. The molecule has 1 heterocycles. The first-order valence-electron chi connectivity index (χ1n) is 9.20. The maximum absolute atomic E-state index is 12.6. The lowest BCUT2D eigenvalue weighted by Gasteiger charge is -2.25. The second kappa shape index (κ2) is 10.4. The number of benzene rings is 1. The lowest BCUT2D eigenvalue weighted by molar-refractivity contribution is -0.113. The Hall–Kier alpha value is -1.16. The van der Waals surface area contributed by atoms with E-state index in [0.29, 0.717) is 23.1 Å². The van der Waals surface area contributed by atoms with Crippen LogP contribution in [-0.2, 0) is 14.8 Å². The predicted octanol–water partition coefficient (Wildman–Crippen LogP) is 3.16. The van der Waals surface area contributed by atoms with Crippen LogP contribution in [0.5, 0.6) is 0 Å². The van der Waals surface area contributed by atoms with Crippen molar-refractivity contribution in [2.75, 3.05) is 37.2 Å². The van der Waals surface area contributed by atoms with Crippen molar-refractivity contribution in [2.24, 2.45) is 0 Å². The van der Waals surface area contributed by atoms with Crippen molar-refractivity contribution in [3.05, 3.63) is 24.3 Å². The first-order chi connectivity index (χ1) is 12.9. The third-order valence-corrected chi connectivity index (χ3v) is 7.88. The largest absolute Gasteiger partial charge is 0.358 e. The number of rotatable bonds is 7. The topological polar surface area (TPSA) is 69.7 Å². The Morgan fingerprint density at radius 2 is 1.74 bits per heavy atom. The fourth-order valence-electron chi connectivity index (χ4n) is 2.86. The molecule has 1 aromatic carbocycles. The van der Waals surface area contributed by atoms with Gasteiger partial charge in [0.05, 0.1) is 10.6 Å². The molecule has 0 spiro atoms. The molecule has 1 N–H and O–H groups in total. The van der Waals surface area contributed by atoms with Gasteiger partial charge in [0.2, 0.25) is 15.9 Å². The highest BCUT2D eigenvalue weighted by Gasteiger charge is 2.25. The highest BCUT2D eigenvalue weighted by molar-refractivity contribution is 8.23. The third kappa shape index (κ3) is 6.17. The summed E-state index contributed by atoms with van der Waals surface area (Å²) in [6, 6.07) is 6.35. The molecule has 0 bridgehead atoms. The first kappa shape index (κ1) is 22.1. The van der Waals surface area contributed by atoms with E-state index in [0.717, 1.165) is 32.4 Å². The van der Waals surface area contributed by atoms with E-state index in [1.54, 1.807) is 24.3 Å². The monoisotopic (exact) mass is 429 g/mol. The minimum absolute atomic E-state index is 0.166. The van der Waals surface area contributed by atoms with E-state index < -0.39 is 10.0 Å². The molecule has 1 aliphatic rings. The summed E-state index contributed by atoms with van der Waals surface area (Å²) in [6.45, 7) is 6.83. The molecule has 0 radical (unpaired) electrons. The van der Waals surface area contributed by atoms with Crippen LogP contribution in [0.1, 0.15) is 33.1 Å². The summed E-state index contributed by atoms with van der Waals surface area (Å²) in [7, 11) is -3.45. The SMILES string of the molecule is CCN(CC)C(=S)SCC(=O)Nc1ccc(S(=O)(=O)N2CCCCC2)cc1. The van der Waals surface area contributed by atoms with Gasteiger partial charge >= 0.3 is 0 Å². The highest BCUT2D eigenvalue weighted by Crippen LogP contribution is 2.22. The van der Waals surface area contributed by atoms with Gasteiger partial charge in [-0.25, -0.2) is 8.42 Å². The van der Waals surface area contributed by atoms with Crippen molar-refractivity contribution in [3.8, 4) is 0 Å². The zero-order chi connectivity index (χ0) is 19.9. The van der Waals surface area contributed by atoms with Crippen molar-refractivity contribution < 1.29 is 13.2 Å². The minimum atomic E-state index is -3.45. The van der Waals surface area contributed by atoms with Gasteiger partial charge in [-0.1, -0.05) is 30.4 Å². The molecule has 0 aromatic heterocycles. The number of hydrogen-bond acceptors (Lipinski definition) is 5. The molecule has 9 heteroatoms. The zero-order valence-electron chi connectivity index (χ0n) is 15.8. The Kier molecular flexibility index (Phi) is 8.53. The van der Waals surface area contributed by atoms with Gasteiger partial charge in [-0.2, -0.15) is 4.31 Å². The van der Waals surface area contributed by atoms with Crippen molar-refractivity contribution >= 4 is 49.9 Å². The number of thiocarbonyl (C=S) groups is 1. The summed E-state index contributed by atoms with van der Waals surface area (Å²) in [5.41, 5.74) is 0.576. The average molecular weight is 430 g/mol. The Bertz CT molecular complexity index is 741. The van der Waals surface area contributed by atoms with E-state index in [2.05, 4.69) is 5.32 Å². The number of carbonyl (C=O) groups excluding carboxylic acids is 1. The fourth-order valence-corrected chi connectivity index (χ4v) is 5.58. The quantitative estimate of drug-likeness (QED) is 0.672. The number of amides is 1. The van der Waals surface area contributed by atoms with Gasteiger partial charge in [-0.15, -0.1) is 0 Å². The maximum atomic E-state index is 12.6. The van der Waals surface area contributed by atoms with Crippen LogP contribution in [0.2, 0.25) is 0 Å².